The van der Waals surface area contributed by atoms with Crippen molar-refractivity contribution in [3.8, 4) is 22.8 Å². The third-order valence-corrected chi connectivity index (χ3v) is 11.2. The van der Waals surface area contributed by atoms with Crippen LogP contribution in [-0.4, -0.2) is 75.2 Å². The van der Waals surface area contributed by atoms with Gasteiger partial charge in [0.25, 0.3) is 0 Å². The van der Waals surface area contributed by atoms with Crippen molar-refractivity contribution in [1.82, 2.24) is 50.8 Å². The minimum atomic E-state index is -0.859. The van der Waals surface area contributed by atoms with Gasteiger partial charge in [-0.05, 0) is 139 Å². The van der Waals surface area contributed by atoms with Gasteiger partial charge in [-0.2, -0.15) is 10.0 Å². The number of cyclic esters (lactones) is 2. The number of hydrogen-bond donors (Lipinski definition) is 1. The van der Waals surface area contributed by atoms with Crippen LogP contribution in [0.5, 0.6) is 0 Å². The molecule has 0 spiro atoms. The number of aryl methyl sites for hydroxylation is 2. The van der Waals surface area contributed by atoms with Crippen molar-refractivity contribution in [2.24, 2.45) is 0 Å². The van der Waals surface area contributed by atoms with Gasteiger partial charge in [0.1, 0.15) is 54.1 Å². The maximum atomic E-state index is 14.1. The van der Waals surface area contributed by atoms with E-state index in [9.17, 15) is 27.2 Å². The van der Waals surface area contributed by atoms with Crippen LogP contribution in [-0.2, 0) is 16.0 Å². The highest BCUT2D eigenvalue weighted by Gasteiger charge is 2.45. The summed E-state index contributed by atoms with van der Waals surface area (Å²) in [6, 6.07) is 25.5. The van der Waals surface area contributed by atoms with Crippen molar-refractivity contribution in [3.63, 3.8) is 0 Å². The van der Waals surface area contributed by atoms with Gasteiger partial charge in [0, 0.05) is 68.5 Å². The number of nitrogens with zero attached hydrogens (tertiary/aromatic N) is 11. The topological polar surface area (TPSA) is 183 Å². The molecule has 10 rings (SSSR count). The lowest BCUT2D eigenvalue weighted by atomic mass is 9.98. The van der Waals surface area contributed by atoms with E-state index < -0.39 is 59.7 Å². The van der Waals surface area contributed by atoms with Crippen molar-refractivity contribution in [2.45, 2.75) is 58.0 Å². The molecule has 352 valence electrons. The summed E-state index contributed by atoms with van der Waals surface area (Å²) in [4.78, 5) is 37.5. The van der Waals surface area contributed by atoms with Crippen molar-refractivity contribution < 1.29 is 36.6 Å². The lowest BCUT2D eigenvalue weighted by Gasteiger charge is -2.25. The van der Waals surface area contributed by atoms with E-state index in [1.165, 1.54) is 38.9 Å². The molecule has 16 nitrogen and oxygen atoms in total. The second-order valence-corrected chi connectivity index (χ2v) is 16.4. The summed E-state index contributed by atoms with van der Waals surface area (Å²) in [6.07, 6.45) is 1.31. The maximum absolute atomic E-state index is 14.1. The Kier molecular flexibility index (Phi) is 14.5. The summed E-state index contributed by atoms with van der Waals surface area (Å²) in [5.74, 6) is -1.99. The van der Waals surface area contributed by atoms with Crippen LogP contribution in [0.15, 0.2) is 122 Å². The SMILES string of the molecule is CC[C@@H]1OC(=O)N(c2ccc(Cl)cc2)[C@H]1c1cc(F)cc(F)c1.Cc1ccc(-c2nn[nH]n2)cn1.Cc1ccc(-c2nnn(C[C@@H]3OC(=O)N(c4ccc(Cl)cc4)[C@H]3c3cc(F)cc(F)c3)n2)cn1. The molecule has 0 unspecified atom stereocenters. The minimum absolute atomic E-state index is 0.00488. The first-order chi connectivity index (χ1) is 33.2. The molecule has 8 aromatic rings. The molecule has 2 saturated heterocycles. The predicted molar refractivity (Wildman–Crippen MR) is 245 cm³/mol. The smallest absolute Gasteiger partial charge is 0.415 e. The first-order valence-electron chi connectivity index (χ1n) is 21.0. The Hall–Kier alpha value is -7.84. The summed E-state index contributed by atoms with van der Waals surface area (Å²) in [6.45, 7) is 5.65. The van der Waals surface area contributed by atoms with Crippen LogP contribution in [0, 0.1) is 37.1 Å². The Morgan fingerprint density at radius 2 is 1.07 bits per heavy atom. The fourth-order valence-electron chi connectivity index (χ4n) is 7.54. The number of tetrazole rings is 2. The number of benzene rings is 4. The minimum Gasteiger partial charge on any atom is -0.443 e. The Morgan fingerprint density at radius 1 is 0.609 bits per heavy atom. The zero-order chi connectivity index (χ0) is 48.8. The second kappa shape index (κ2) is 21.0. The molecule has 0 radical (unpaired) electrons. The number of hydrogen-bond acceptors (Lipinski definition) is 12. The van der Waals surface area contributed by atoms with Crippen molar-refractivity contribution >= 4 is 46.8 Å². The number of ether oxygens (including phenoxy) is 2. The van der Waals surface area contributed by atoms with Crippen LogP contribution in [0.2, 0.25) is 10.0 Å². The summed E-state index contributed by atoms with van der Waals surface area (Å²) in [5, 5.41) is 26.9. The van der Waals surface area contributed by atoms with Crippen LogP contribution in [0.1, 0.15) is 47.9 Å². The highest BCUT2D eigenvalue weighted by atomic mass is 35.5. The first kappa shape index (κ1) is 47.6. The van der Waals surface area contributed by atoms with Crippen LogP contribution >= 0.6 is 23.2 Å². The monoisotopic (exact) mass is 980 g/mol. The van der Waals surface area contributed by atoms with Crippen molar-refractivity contribution in [3.05, 3.63) is 177 Å². The van der Waals surface area contributed by atoms with Gasteiger partial charge in [0.2, 0.25) is 11.6 Å². The number of H-pyrrole nitrogens is 1. The third kappa shape index (κ3) is 11.3. The lowest BCUT2D eigenvalue weighted by molar-refractivity contribution is 0.114. The molecule has 2 fully saturated rings. The summed E-state index contributed by atoms with van der Waals surface area (Å²) in [7, 11) is 0. The molecule has 2 aliphatic heterocycles. The lowest BCUT2D eigenvalue weighted by Crippen LogP contribution is -2.31. The molecule has 1 N–H and O–H groups in total. The quantitative estimate of drug-likeness (QED) is 0.135. The van der Waals surface area contributed by atoms with E-state index in [0.29, 0.717) is 50.6 Å². The molecular weight excluding hydrogens is 943 g/mol. The number of carbonyl (C=O) groups excluding carboxylic acids is 2. The van der Waals surface area contributed by atoms with Gasteiger partial charge >= 0.3 is 12.2 Å². The largest absolute Gasteiger partial charge is 0.443 e. The molecule has 0 bridgehead atoms. The number of aromatic nitrogens is 10. The number of rotatable bonds is 9. The van der Waals surface area contributed by atoms with Gasteiger partial charge in [-0.3, -0.25) is 19.8 Å². The number of pyridine rings is 2. The second-order valence-electron chi connectivity index (χ2n) is 15.5. The normalized spacial score (nSPS) is 17.4. The average molecular weight is 982 g/mol. The van der Waals surface area contributed by atoms with Crippen LogP contribution in [0.25, 0.3) is 22.8 Å². The molecule has 4 atom stereocenters. The van der Waals surface area contributed by atoms with E-state index in [0.717, 1.165) is 29.1 Å². The first-order valence-corrected chi connectivity index (χ1v) is 21.8. The molecule has 22 heteroatoms. The highest BCUT2D eigenvalue weighted by Crippen LogP contribution is 2.41. The molecule has 2 aliphatic rings. The number of anilines is 2. The molecule has 2 amide bonds. The van der Waals surface area contributed by atoms with E-state index in [1.54, 1.807) is 60.9 Å². The highest BCUT2D eigenvalue weighted by molar-refractivity contribution is 6.31. The van der Waals surface area contributed by atoms with E-state index >= 15 is 0 Å². The fourth-order valence-corrected chi connectivity index (χ4v) is 7.79. The average Bonchev–Trinajstić information content (AvgIpc) is 4.15. The number of nitrogens with one attached hydrogen (secondary N) is 1. The number of carbonyl (C=O) groups is 2. The van der Waals surface area contributed by atoms with E-state index in [1.807, 2.05) is 45.0 Å². The summed E-state index contributed by atoms with van der Waals surface area (Å²) >= 11 is 11.9. The zero-order valence-corrected chi connectivity index (χ0v) is 38.1. The molecule has 4 aromatic heterocycles. The van der Waals surface area contributed by atoms with Crippen LogP contribution in [0.3, 0.4) is 0 Å². The van der Waals surface area contributed by atoms with Crippen LogP contribution in [0.4, 0.5) is 38.5 Å². The van der Waals surface area contributed by atoms with Crippen LogP contribution < -0.4 is 9.80 Å². The molecule has 0 aliphatic carbocycles. The third-order valence-electron chi connectivity index (χ3n) is 10.7. The molecule has 69 heavy (non-hydrogen) atoms. The zero-order valence-electron chi connectivity index (χ0n) is 36.6. The Labute approximate surface area is 400 Å². The van der Waals surface area contributed by atoms with Gasteiger partial charge < -0.3 is 9.47 Å². The fraction of sp³-hybridized carbons (Fsp3) is 0.191. The molecule has 0 saturated carbocycles. The predicted octanol–water partition coefficient (Wildman–Crippen LogP) is 10.4. The van der Waals surface area contributed by atoms with Gasteiger partial charge in [-0.25, -0.2) is 27.2 Å². The van der Waals surface area contributed by atoms with Crippen molar-refractivity contribution in [1.29, 1.82) is 0 Å². The summed E-state index contributed by atoms with van der Waals surface area (Å²) in [5.41, 5.74) is 4.97. The summed E-state index contributed by atoms with van der Waals surface area (Å²) < 4.78 is 66.3. The number of amides is 2. The number of aromatic amines is 1. The Bertz CT molecular complexity index is 3000. The van der Waals surface area contributed by atoms with Crippen molar-refractivity contribution in [2.75, 3.05) is 9.80 Å². The molecule has 6 heterocycles. The maximum Gasteiger partial charge on any atom is 0.415 e. The van der Waals surface area contributed by atoms with Gasteiger partial charge in [0.15, 0.2) is 0 Å². The standard InChI is InChI=1S/C23H17ClF2N6O2.C17H14ClF2NO2.C7H7N5/c1-13-2-3-14(11-27-13)22-28-30-31(29-22)12-20-21(15-8-17(25)10-18(26)9-15)32(23(33)34-20)19-6-4-16(24)5-7-19;1-2-15-16(10-7-12(19)9-13(20)8-10)21(17(22)23-15)14-5-3-11(18)4-6-14;1-5-2-3-6(4-8-5)7-9-11-12-10-7/h2-11,20-21H,12H2,1H3;3-9,15-16H,2H2,1H3;2-4H,1H3,(H,9,10,11,12)/t20-,21-;15-,16-;/m00./s1. The van der Waals surface area contributed by atoms with E-state index in [-0.39, 0.29) is 12.1 Å². The van der Waals surface area contributed by atoms with Gasteiger partial charge in [0.05, 0.1) is 0 Å². The Morgan fingerprint density at radius 3 is 1.51 bits per heavy atom. The van der Waals surface area contributed by atoms with E-state index in [4.69, 9.17) is 32.7 Å². The number of halogens is 6. The molecular formula is C47H38Cl2F4N12O4. The molecule has 4 aromatic carbocycles. The Balaban J connectivity index is 0.000000157. The van der Waals surface area contributed by atoms with Gasteiger partial charge in [-0.1, -0.05) is 30.1 Å². The van der Waals surface area contributed by atoms with Gasteiger partial charge in [-0.15, -0.1) is 20.4 Å². The van der Waals surface area contributed by atoms with E-state index in [2.05, 4.69) is 46.0 Å².